The second-order valence-electron chi connectivity index (χ2n) is 7.24. The van der Waals surface area contributed by atoms with Crippen molar-refractivity contribution in [1.82, 2.24) is 4.90 Å². The molecule has 4 heteroatoms. The molecule has 1 saturated heterocycles. The highest BCUT2D eigenvalue weighted by Crippen LogP contribution is 2.67. The van der Waals surface area contributed by atoms with Crippen LogP contribution < -0.4 is 5.73 Å². The summed E-state index contributed by atoms with van der Waals surface area (Å²) in [5.74, 6) is 0.369. The number of nitrogens with zero attached hydrogens (tertiary/aromatic N) is 1. The number of nitrogens with two attached hydrogens (primary N) is 1. The summed E-state index contributed by atoms with van der Waals surface area (Å²) in [6, 6.07) is 8.88. The molecule has 3 saturated carbocycles. The molecule has 1 aromatic carbocycles. The van der Waals surface area contributed by atoms with Crippen molar-refractivity contribution in [1.29, 1.82) is 0 Å². The summed E-state index contributed by atoms with van der Waals surface area (Å²) >= 11 is 0. The van der Waals surface area contributed by atoms with E-state index in [9.17, 15) is 4.79 Å². The molecular weight excluding hydrogens is 284 g/mol. The van der Waals surface area contributed by atoms with Crippen LogP contribution in [0.2, 0.25) is 0 Å². The Morgan fingerprint density at radius 1 is 1.33 bits per heavy atom. The minimum atomic E-state index is -0.0822. The fourth-order valence-corrected chi connectivity index (χ4v) is 4.63. The minimum Gasteiger partial charge on any atom is -0.335 e. The van der Waals surface area contributed by atoms with Crippen molar-refractivity contribution in [2.45, 2.75) is 50.6 Å². The number of halogens is 1. The van der Waals surface area contributed by atoms with Crippen molar-refractivity contribution in [3.8, 4) is 0 Å². The van der Waals surface area contributed by atoms with Gasteiger partial charge in [-0.25, -0.2) is 0 Å². The third-order valence-corrected chi connectivity index (χ3v) is 5.47. The summed E-state index contributed by atoms with van der Waals surface area (Å²) in [5, 5.41) is 0. The molecular formula is C17H23ClN2O. The summed E-state index contributed by atoms with van der Waals surface area (Å²) < 4.78 is 0. The molecule has 1 unspecified atom stereocenters. The Kier molecular flexibility index (Phi) is 3.34. The van der Waals surface area contributed by atoms with E-state index in [-0.39, 0.29) is 29.4 Å². The Morgan fingerprint density at radius 3 is 2.67 bits per heavy atom. The van der Waals surface area contributed by atoms with Gasteiger partial charge in [0.1, 0.15) is 0 Å². The van der Waals surface area contributed by atoms with E-state index in [1.165, 1.54) is 11.1 Å². The van der Waals surface area contributed by atoms with Crippen molar-refractivity contribution in [3.05, 3.63) is 35.4 Å². The number of carbonyl (C=O) groups is 1. The molecule has 4 fully saturated rings. The third-order valence-electron chi connectivity index (χ3n) is 5.47. The molecule has 21 heavy (non-hydrogen) atoms. The van der Waals surface area contributed by atoms with Gasteiger partial charge in [-0.2, -0.15) is 0 Å². The largest absolute Gasteiger partial charge is 0.335 e. The fraction of sp³-hybridized carbons (Fsp3) is 0.588. The van der Waals surface area contributed by atoms with Crippen LogP contribution in [0.1, 0.15) is 49.3 Å². The van der Waals surface area contributed by atoms with Crippen LogP contribution in [0.3, 0.4) is 0 Å². The first-order valence-corrected chi connectivity index (χ1v) is 7.68. The molecule has 1 amide bonds. The van der Waals surface area contributed by atoms with Crippen LogP contribution in [-0.2, 0) is 4.79 Å². The van der Waals surface area contributed by atoms with Gasteiger partial charge < -0.3 is 10.6 Å². The molecule has 5 rings (SSSR count). The SMILES string of the molecule is Cc1cccc(C2CCCN2C(=O)C23CC(N)(C2)C3)c1.Cl. The van der Waals surface area contributed by atoms with Crippen molar-refractivity contribution >= 4 is 18.3 Å². The van der Waals surface area contributed by atoms with Crippen LogP contribution >= 0.6 is 12.4 Å². The molecule has 4 aliphatic rings. The molecule has 3 aliphatic carbocycles. The molecule has 0 spiro atoms. The van der Waals surface area contributed by atoms with Crippen molar-refractivity contribution in [2.75, 3.05) is 6.54 Å². The Morgan fingerprint density at radius 2 is 2.05 bits per heavy atom. The molecule has 1 aliphatic heterocycles. The van der Waals surface area contributed by atoms with Gasteiger partial charge in [-0.1, -0.05) is 29.8 Å². The van der Waals surface area contributed by atoms with Gasteiger partial charge in [0.25, 0.3) is 0 Å². The predicted molar refractivity (Wildman–Crippen MR) is 85.3 cm³/mol. The minimum absolute atomic E-state index is 0. The number of hydrogen-bond donors (Lipinski definition) is 1. The lowest BCUT2D eigenvalue weighted by Crippen LogP contribution is -2.76. The molecule has 1 atom stereocenters. The molecule has 3 nitrogen and oxygen atoms in total. The van der Waals surface area contributed by atoms with Crippen LogP contribution in [0.4, 0.5) is 0 Å². The molecule has 2 N–H and O–H groups in total. The molecule has 114 valence electrons. The van der Waals surface area contributed by atoms with Gasteiger partial charge in [-0.3, -0.25) is 4.79 Å². The van der Waals surface area contributed by atoms with Crippen molar-refractivity contribution in [3.63, 3.8) is 0 Å². The zero-order chi connectivity index (χ0) is 14.0. The first kappa shape index (κ1) is 14.9. The maximum atomic E-state index is 12.9. The lowest BCUT2D eigenvalue weighted by Gasteiger charge is -2.68. The normalized spacial score (nSPS) is 36.5. The standard InChI is InChI=1S/C17H22N2O.ClH/c1-12-4-2-5-13(8-12)14-6-3-7-19(14)15(20)16-9-17(18,10-16)11-16;/h2,4-5,8,14H,3,6-7,9-11,18H2,1H3;1H. The number of carbonyl (C=O) groups excluding carboxylic acids is 1. The monoisotopic (exact) mass is 306 g/mol. The highest BCUT2D eigenvalue weighted by atomic mass is 35.5. The highest BCUT2D eigenvalue weighted by molar-refractivity contribution is 5.87. The summed E-state index contributed by atoms with van der Waals surface area (Å²) in [6.45, 7) is 3.03. The Labute approximate surface area is 132 Å². The van der Waals surface area contributed by atoms with E-state index in [4.69, 9.17) is 5.73 Å². The van der Waals surface area contributed by atoms with E-state index in [1.807, 2.05) is 0 Å². The number of benzene rings is 1. The molecule has 1 aromatic rings. The lowest BCUT2D eigenvalue weighted by molar-refractivity contribution is -0.184. The number of aryl methyl sites for hydroxylation is 1. The molecule has 2 bridgehead atoms. The Balaban J connectivity index is 0.00000132. The van der Waals surface area contributed by atoms with Gasteiger partial charge >= 0.3 is 0 Å². The van der Waals surface area contributed by atoms with Gasteiger partial charge in [0.05, 0.1) is 11.5 Å². The summed E-state index contributed by atoms with van der Waals surface area (Å²) in [5.41, 5.74) is 8.60. The van der Waals surface area contributed by atoms with Gasteiger partial charge in [-0.15, -0.1) is 12.4 Å². The van der Waals surface area contributed by atoms with E-state index < -0.39 is 0 Å². The second kappa shape index (κ2) is 4.72. The molecule has 0 radical (unpaired) electrons. The molecule has 1 heterocycles. The average Bonchev–Trinajstić information content (AvgIpc) is 2.82. The van der Waals surface area contributed by atoms with Crippen molar-refractivity contribution in [2.24, 2.45) is 11.1 Å². The van der Waals surface area contributed by atoms with E-state index in [0.717, 1.165) is 38.6 Å². The Bertz CT molecular complexity index is 566. The van der Waals surface area contributed by atoms with Gasteiger partial charge in [0.15, 0.2) is 0 Å². The number of rotatable bonds is 2. The highest BCUT2D eigenvalue weighted by Gasteiger charge is 2.70. The van der Waals surface area contributed by atoms with Crippen LogP contribution in [0, 0.1) is 12.3 Å². The third kappa shape index (κ3) is 2.09. The molecule has 0 aromatic heterocycles. The van der Waals surface area contributed by atoms with Crippen LogP contribution in [0.25, 0.3) is 0 Å². The predicted octanol–water partition coefficient (Wildman–Crippen LogP) is 2.96. The fourth-order valence-electron chi connectivity index (χ4n) is 4.63. The van der Waals surface area contributed by atoms with Crippen LogP contribution in [-0.4, -0.2) is 22.9 Å². The summed E-state index contributed by atoms with van der Waals surface area (Å²) in [6.07, 6.45) is 4.95. The van der Waals surface area contributed by atoms with Crippen LogP contribution in [0.5, 0.6) is 0 Å². The Hall–Kier alpha value is -1.06. The first-order chi connectivity index (χ1) is 9.51. The number of amides is 1. The average molecular weight is 307 g/mol. The van der Waals surface area contributed by atoms with E-state index in [1.54, 1.807) is 0 Å². The number of likely N-dealkylation sites (tertiary alicyclic amines) is 1. The van der Waals surface area contributed by atoms with Crippen molar-refractivity contribution < 1.29 is 4.79 Å². The van der Waals surface area contributed by atoms with Crippen LogP contribution in [0.15, 0.2) is 24.3 Å². The lowest BCUT2D eigenvalue weighted by atomic mass is 9.39. The quantitative estimate of drug-likeness (QED) is 0.913. The summed E-state index contributed by atoms with van der Waals surface area (Å²) in [7, 11) is 0. The van der Waals surface area contributed by atoms with E-state index >= 15 is 0 Å². The van der Waals surface area contributed by atoms with Gasteiger partial charge in [0.2, 0.25) is 5.91 Å². The number of hydrogen-bond acceptors (Lipinski definition) is 2. The topological polar surface area (TPSA) is 46.3 Å². The zero-order valence-electron chi connectivity index (χ0n) is 12.5. The smallest absolute Gasteiger partial charge is 0.229 e. The van der Waals surface area contributed by atoms with Gasteiger partial charge in [0, 0.05) is 12.1 Å². The maximum Gasteiger partial charge on any atom is 0.229 e. The zero-order valence-corrected chi connectivity index (χ0v) is 13.3. The van der Waals surface area contributed by atoms with Gasteiger partial charge in [-0.05, 0) is 44.6 Å². The maximum absolute atomic E-state index is 12.9. The van der Waals surface area contributed by atoms with E-state index in [0.29, 0.717) is 5.91 Å². The summed E-state index contributed by atoms with van der Waals surface area (Å²) in [4.78, 5) is 15.0. The first-order valence-electron chi connectivity index (χ1n) is 7.68. The van der Waals surface area contributed by atoms with E-state index in [2.05, 4.69) is 36.1 Å². The second-order valence-corrected chi connectivity index (χ2v) is 7.24.